The molecule has 1 unspecified atom stereocenters. The number of allylic oxidation sites excluding steroid dienone is 1. The first-order valence-corrected chi connectivity index (χ1v) is 9.78. The van der Waals surface area contributed by atoms with E-state index in [4.69, 9.17) is 0 Å². The summed E-state index contributed by atoms with van der Waals surface area (Å²) in [5.41, 5.74) is 4.06. The molecule has 5 nitrogen and oxygen atoms in total. The molecule has 142 valence electrons. The lowest BCUT2D eigenvalue weighted by Gasteiger charge is -2.23. The molecule has 0 saturated carbocycles. The maximum Gasteiger partial charge on any atom is 0.129 e. The Balaban J connectivity index is 1.64. The molecule has 1 aromatic carbocycles. The van der Waals surface area contributed by atoms with Gasteiger partial charge in [0, 0.05) is 36.5 Å². The van der Waals surface area contributed by atoms with Gasteiger partial charge in [0.15, 0.2) is 0 Å². The first-order valence-electron chi connectivity index (χ1n) is 9.78. The molecule has 3 heterocycles. The van der Waals surface area contributed by atoms with Crippen LogP contribution in [-0.2, 0) is 0 Å². The molecule has 2 aliphatic heterocycles. The van der Waals surface area contributed by atoms with Gasteiger partial charge in [-0.05, 0) is 68.3 Å². The lowest BCUT2D eigenvalue weighted by Crippen LogP contribution is -2.34. The molecule has 2 aromatic rings. The second kappa shape index (κ2) is 8.05. The van der Waals surface area contributed by atoms with Crippen molar-refractivity contribution in [3.05, 3.63) is 41.7 Å². The first kappa shape index (κ1) is 17.9. The standard InChI is InChI=1S/C21H26FN5/c1-2-27-13-3-4-18(27)14-24-21-19(15-9-11-23-12-10-15)20(25-26-21)16-5-7-17(22)8-6-16/h5-9,11,18H,2-4,10,12-14H2,1H3,(H2,24,25,26). The quantitative estimate of drug-likeness (QED) is 0.812. The smallest absolute Gasteiger partial charge is 0.129 e. The van der Waals surface area contributed by atoms with Crippen molar-refractivity contribution >= 4 is 17.6 Å². The summed E-state index contributed by atoms with van der Waals surface area (Å²) in [4.78, 5) is 6.83. The van der Waals surface area contributed by atoms with Crippen LogP contribution < -0.4 is 5.32 Å². The first-order chi connectivity index (χ1) is 13.3. The molecule has 1 fully saturated rings. The second-order valence-electron chi connectivity index (χ2n) is 7.13. The van der Waals surface area contributed by atoms with Crippen LogP contribution in [0.15, 0.2) is 35.3 Å². The summed E-state index contributed by atoms with van der Waals surface area (Å²) in [5.74, 6) is 0.706. The Kier molecular flexibility index (Phi) is 5.34. The molecule has 6 heteroatoms. The number of hydrogen-bond acceptors (Lipinski definition) is 4. The van der Waals surface area contributed by atoms with Gasteiger partial charge in [-0.1, -0.05) is 6.92 Å². The van der Waals surface area contributed by atoms with Crippen molar-refractivity contribution < 1.29 is 4.39 Å². The average molecular weight is 367 g/mol. The number of anilines is 1. The number of nitrogens with zero attached hydrogens (tertiary/aromatic N) is 3. The fourth-order valence-corrected chi connectivity index (χ4v) is 4.06. The third-order valence-corrected chi connectivity index (χ3v) is 5.52. The zero-order valence-corrected chi connectivity index (χ0v) is 15.7. The zero-order chi connectivity index (χ0) is 18.6. The Bertz CT molecular complexity index is 837. The van der Waals surface area contributed by atoms with Crippen molar-refractivity contribution in [3.8, 4) is 11.3 Å². The minimum absolute atomic E-state index is 0.237. The number of halogens is 1. The van der Waals surface area contributed by atoms with Crippen LogP contribution >= 0.6 is 0 Å². The molecule has 1 aromatic heterocycles. The van der Waals surface area contributed by atoms with Crippen LogP contribution in [0.5, 0.6) is 0 Å². The Hall–Kier alpha value is -2.47. The van der Waals surface area contributed by atoms with Crippen LogP contribution in [0, 0.1) is 5.82 Å². The molecule has 1 saturated heterocycles. The molecule has 0 bridgehead atoms. The van der Waals surface area contributed by atoms with E-state index in [1.165, 1.54) is 37.1 Å². The largest absolute Gasteiger partial charge is 0.368 e. The van der Waals surface area contributed by atoms with E-state index in [1.807, 2.05) is 6.21 Å². The number of aromatic amines is 1. The van der Waals surface area contributed by atoms with Gasteiger partial charge >= 0.3 is 0 Å². The van der Waals surface area contributed by atoms with Crippen molar-refractivity contribution in [3.63, 3.8) is 0 Å². The summed E-state index contributed by atoms with van der Waals surface area (Å²) in [6, 6.07) is 7.09. The number of benzene rings is 1. The molecule has 0 radical (unpaired) electrons. The van der Waals surface area contributed by atoms with Gasteiger partial charge in [-0.2, -0.15) is 5.10 Å². The highest BCUT2D eigenvalue weighted by Gasteiger charge is 2.24. The summed E-state index contributed by atoms with van der Waals surface area (Å²) in [5, 5.41) is 11.3. The minimum atomic E-state index is -0.237. The third kappa shape index (κ3) is 3.81. The Morgan fingerprint density at radius 3 is 2.89 bits per heavy atom. The van der Waals surface area contributed by atoms with Crippen molar-refractivity contribution in [2.24, 2.45) is 4.99 Å². The van der Waals surface area contributed by atoms with E-state index in [9.17, 15) is 4.39 Å². The van der Waals surface area contributed by atoms with Crippen LogP contribution in [0.2, 0.25) is 0 Å². The van der Waals surface area contributed by atoms with E-state index < -0.39 is 0 Å². The molecule has 0 spiro atoms. The molecular weight excluding hydrogens is 341 g/mol. The van der Waals surface area contributed by atoms with Crippen LogP contribution in [-0.4, -0.2) is 53.5 Å². The normalized spacial score (nSPS) is 20.1. The number of nitrogens with one attached hydrogen (secondary N) is 2. The van der Waals surface area contributed by atoms with E-state index >= 15 is 0 Å². The SMILES string of the molecule is CCN1CCCC1CNc1[nH]nc(-c2ccc(F)cc2)c1C1=CC=NCC1. The maximum atomic E-state index is 13.4. The van der Waals surface area contributed by atoms with E-state index in [2.05, 4.69) is 38.4 Å². The Morgan fingerprint density at radius 1 is 1.30 bits per heavy atom. The summed E-state index contributed by atoms with van der Waals surface area (Å²) in [7, 11) is 0. The summed E-state index contributed by atoms with van der Waals surface area (Å²) < 4.78 is 13.4. The van der Waals surface area contributed by atoms with E-state index in [-0.39, 0.29) is 5.82 Å². The molecule has 2 N–H and O–H groups in total. The minimum Gasteiger partial charge on any atom is -0.368 e. The number of dihydropyridines is 1. The number of rotatable bonds is 6. The van der Waals surface area contributed by atoms with Gasteiger partial charge < -0.3 is 5.32 Å². The number of H-pyrrole nitrogens is 1. The van der Waals surface area contributed by atoms with Gasteiger partial charge in [-0.3, -0.25) is 15.0 Å². The number of likely N-dealkylation sites (N-methyl/N-ethyl adjacent to an activating group) is 1. The van der Waals surface area contributed by atoms with Gasteiger partial charge in [0.25, 0.3) is 0 Å². The lowest BCUT2D eigenvalue weighted by atomic mass is 9.97. The molecule has 4 rings (SSSR count). The van der Waals surface area contributed by atoms with Crippen molar-refractivity contribution in [1.82, 2.24) is 15.1 Å². The van der Waals surface area contributed by atoms with E-state index in [1.54, 1.807) is 12.1 Å². The van der Waals surface area contributed by atoms with Crippen LogP contribution in [0.4, 0.5) is 10.2 Å². The summed E-state index contributed by atoms with van der Waals surface area (Å²) in [6.45, 7) is 6.17. The molecule has 27 heavy (non-hydrogen) atoms. The highest BCUT2D eigenvalue weighted by atomic mass is 19.1. The topological polar surface area (TPSA) is 56.3 Å². The monoisotopic (exact) mass is 367 g/mol. The van der Waals surface area contributed by atoms with Gasteiger partial charge in [0.05, 0.1) is 0 Å². The fourth-order valence-electron chi connectivity index (χ4n) is 4.06. The van der Waals surface area contributed by atoms with Crippen LogP contribution in [0.1, 0.15) is 31.7 Å². The number of hydrogen-bond donors (Lipinski definition) is 2. The van der Waals surface area contributed by atoms with Gasteiger partial charge in [0.2, 0.25) is 0 Å². The Morgan fingerprint density at radius 2 is 2.15 bits per heavy atom. The predicted molar refractivity (Wildman–Crippen MR) is 109 cm³/mol. The summed E-state index contributed by atoms with van der Waals surface area (Å²) in [6.07, 6.45) is 7.28. The van der Waals surface area contributed by atoms with Gasteiger partial charge in [-0.25, -0.2) is 4.39 Å². The Labute approximate surface area is 159 Å². The molecular formula is C21H26FN5. The van der Waals surface area contributed by atoms with Crippen molar-refractivity contribution in [2.45, 2.75) is 32.2 Å². The highest BCUT2D eigenvalue weighted by molar-refractivity contribution is 5.93. The van der Waals surface area contributed by atoms with E-state index in [0.717, 1.165) is 48.7 Å². The number of aromatic nitrogens is 2. The number of likely N-dealkylation sites (tertiary alicyclic amines) is 1. The molecule has 1 atom stereocenters. The second-order valence-corrected chi connectivity index (χ2v) is 7.13. The van der Waals surface area contributed by atoms with Crippen molar-refractivity contribution in [2.75, 3.05) is 31.5 Å². The van der Waals surface area contributed by atoms with Gasteiger partial charge in [0.1, 0.15) is 17.3 Å². The van der Waals surface area contributed by atoms with E-state index in [0.29, 0.717) is 6.04 Å². The molecule has 2 aliphatic rings. The number of aliphatic imine (C=N–C) groups is 1. The highest BCUT2D eigenvalue weighted by Crippen LogP contribution is 2.35. The molecule has 0 amide bonds. The van der Waals surface area contributed by atoms with Gasteiger partial charge in [-0.15, -0.1) is 0 Å². The van der Waals surface area contributed by atoms with Crippen LogP contribution in [0.3, 0.4) is 0 Å². The maximum absolute atomic E-state index is 13.4. The van der Waals surface area contributed by atoms with Crippen LogP contribution in [0.25, 0.3) is 16.8 Å². The third-order valence-electron chi connectivity index (χ3n) is 5.52. The fraction of sp³-hybridized carbons (Fsp3) is 0.429. The zero-order valence-electron chi connectivity index (χ0n) is 15.7. The predicted octanol–water partition coefficient (Wildman–Crippen LogP) is 3.97. The van der Waals surface area contributed by atoms with Crippen molar-refractivity contribution in [1.29, 1.82) is 0 Å². The lowest BCUT2D eigenvalue weighted by molar-refractivity contribution is 0.277. The average Bonchev–Trinajstić information content (AvgIpc) is 3.34. The molecule has 0 aliphatic carbocycles. The summed E-state index contributed by atoms with van der Waals surface area (Å²) >= 11 is 0.